The number of oxime groups is 1. The summed E-state index contributed by atoms with van der Waals surface area (Å²) in [6.07, 6.45) is 3.76. The van der Waals surface area contributed by atoms with Crippen LogP contribution in [0.25, 0.3) is 0 Å². The van der Waals surface area contributed by atoms with Crippen molar-refractivity contribution in [2.75, 3.05) is 5.75 Å². The van der Waals surface area contributed by atoms with Crippen molar-refractivity contribution >= 4 is 17.6 Å². The molecule has 82 valence electrons. The van der Waals surface area contributed by atoms with Crippen molar-refractivity contribution in [3.63, 3.8) is 0 Å². The van der Waals surface area contributed by atoms with E-state index in [2.05, 4.69) is 22.3 Å². The fourth-order valence-corrected chi connectivity index (χ4v) is 2.05. The normalized spacial score (nSPS) is 11.7. The summed E-state index contributed by atoms with van der Waals surface area (Å²) in [6.45, 7) is 2.13. The van der Waals surface area contributed by atoms with Crippen LogP contribution in [0.3, 0.4) is 0 Å². The summed E-state index contributed by atoms with van der Waals surface area (Å²) in [5.41, 5.74) is 6.15. The fourth-order valence-electron chi connectivity index (χ4n) is 0.987. The molecule has 1 aromatic heterocycles. The molecule has 6 heteroatoms. The highest BCUT2D eigenvalue weighted by Crippen LogP contribution is 2.20. The van der Waals surface area contributed by atoms with Gasteiger partial charge in [-0.25, -0.2) is 0 Å². The van der Waals surface area contributed by atoms with Crippen LogP contribution in [0, 0.1) is 0 Å². The molecule has 0 saturated heterocycles. The highest BCUT2D eigenvalue weighted by Gasteiger charge is 2.08. The summed E-state index contributed by atoms with van der Waals surface area (Å²) in [4.78, 5) is 0. The summed E-state index contributed by atoms with van der Waals surface area (Å²) in [5, 5.41) is 20.0. The highest BCUT2D eigenvalue weighted by atomic mass is 32.2. The molecule has 0 atom stereocenters. The van der Waals surface area contributed by atoms with Crippen LogP contribution in [0.2, 0.25) is 0 Å². The molecule has 0 aliphatic carbocycles. The predicted octanol–water partition coefficient (Wildman–Crippen LogP) is 1.46. The van der Waals surface area contributed by atoms with Gasteiger partial charge >= 0.3 is 0 Å². The quantitative estimate of drug-likeness (QED) is 0.198. The van der Waals surface area contributed by atoms with E-state index in [0.717, 1.165) is 18.6 Å². The number of thioether (sulfide) groups is 1. The minimum atomic E-state index is 0.0731. The van der Waals surface area contributed by atoms with Crippen LogP contribution in [0.5, 0.6) is 0 Å². The van der Waals surface area contributed by atoms with Crippen molar-refractivity contribution in [1.82, 2.24) is 10.2 Å². The lowest BCUT2D eigenvalue weighted by molar-refractivity contribution is 0.318. The second-order valence-corrected chi connectivity index (χ2v) is 4.02. The third-order valence-electron chi connectivity index (χ3n) is 1.81. The number of hydrogen-bond acceptors (Lipinski definition) is 5. The molecular formula is C9H14N4OS. The second-order valence-electron chi connectivity index (χ2n) is 2.94. The van der Waals surface area contributed by atoms with Gasteiger partial charge in [-0.1, -0.05) is 18.5 Å². The zero-order chi connectivity index (χ0) is 11.1. The van der Waals surface area contributed by atoms with Crippen molar-refractivity contribution < 1.29 is 5.21 Å². The Labute approximate surface area is 92.8 Å². The number of hydrogen-bond donors (Lipinski definition) is 2. The lowest BCUT2D eigenvalue weighted by Crippen LogP contribution is -2.15. The molecule has 15 heavy (non-hydrogen) atoms. The molecule has 1 heterocycles. The molecule has 0 bridgehead atoms. The molecule has 5 nitrogen and oxygen atoms in total. The van der Waals surface area contributed by atoms with Crippen molar-refractivity contribution in [3.05, 3.63) is 17.8 Å². The number of nitrogens with zero attached hydrogens (tertiary/aromatic N) is 3. The molecule has 3 N–H and O–H groups in total. The first-order chi connectivity index (χ1) is 7.29. The van der Waals surface area contributed by atoms with Gasteiger partial charge in [-0.3, -0.25) is 0 Å². The van der Waals surface area contributed by atoms with Crippen LogP contribution in [-0.4, -0.2) is 27.0 Å². The van der Waals surface area contributed by atoms with Crippen molar-refractivity contribution in [2.45, 2.75) is 24.8 Å². The average Bonchev–Trinajstić information content (AvgIpc) is 2.29. The zero-order valence-electron chi connectivity index (χ0n) is 8.55. The van der Waals surface area contributed by atoms with Gasteiger partial charge in [-0.05, 0) is 18.2 Å². The minimum absolute atomic E-state index is 0.0731. The van der Waals surface area contributed by atoms with Gasteiger partial charge in [-0.2, -0.15) is 5.10 Å². The Hall–Kier alpha value is -1.30. The van der Waals surface area contributed by atoms with Crippen molar-refractivity contribution in [1.29, 1.82) is 0 Å². The summed E-state index contributed by atoms with van der Waals surface area (Å²) < 4.78 is 0. The molecule has 0 radical (unpaired) electrons. The zero-order valence-corrected chi connectivity index (χ0v) is 9.37. The van der Waals surface area contributed by atoms with Gasteiger partial charge in [0.05, 0.1) is 11.8 Å². The molecule has 0 unspecified atom stereocenters. The first kappa shape index (κ1) is 11.8. The number of rotatable bonds is 5. The number of nitrogens with two attached hydrogens (primary N) is 1. The first-order valence-corrected chi connectivity index (χ1v) is 5.70. The van der Waals surface area contributed by atoms with E-state index < -0.39 is 0 Å². The molecule has 0 spiro atoms. The lowest BCUT2D eigenvalue weighted by atomic mass is 10.3. The summed E-state index contributed by atoms with van der Waals surface area (Å²) in [5.74, 6) is 1.03. The molecular weight excluding hydrogens is 212 g/mol. The molecule has 0 fully saturated rings. The van der Waals surface area contributed by atoms with E-state index in [0.29, 0.717) is 10.6 Å². The highest BCUT2D eigenvalue weighted by molar-refractivity contribution is 7.99. The van der Waals surface area contributed by atoms with E-state index in [9.17, 15) is 0 Å². The van der Waals surface area contributed by atoms with Gasteiger partial charge in [0.15, 0.2) is 5.84 Å². The molecule has 0 amide bonds. The summed E-state index contributed by atoms with van der Waals surface area (Å²) >= 11 is 1.57. The van der Waals surface area contributed by atoms with Crippen LogP contribution in [0.15, 0.2) is 22.4 Å². The second kappa shape index (κ2) is 6.23. The minimum Gasteiger partial charge on any atom is -0.409 e. The molecule has 0 aliphatic rings. The molecule has 1 rings (SSSR count). The number of unbranched alkanes of at least 4 members (excludes halogenated alkanes) is 1. The van der Waals surface area contributed by atoms with Crippen LogP contribution < -0.4 is 5.73 Å². The Kier molecular flexibility index (Phi) is 4.89. The Morgan fingerprint density at radius 3 is 3.13 bits per heavy atom. The van der Waals surface area contributed by atoms with E-state index in [1.807, 2.05) is 0 Å². The SMILES string of the molecule is CCCCSc1nnccc1/C(N)=N/O. The monoisotopic (exact) mass is 226 g/mol. The van der Waals surface area contributed by atoms with Crippen LogP contribution in [-0.2, 0) is 0 Å². The van der Waals surface area contributed by atoms with Gasteiger partial charge in [0, 0.05) is 0 Å². The van der Waals surface area contributed by atoms with E-state index in [1.165, 1.54) is 6.20 Å². The molecule has 1 aromatic rings. The standard InChI is InChI=1S/C9H14N4OS/c1-2-3-6-15-9-7(8(10)13-14)4-5-11-12-9/h4-5,14H,2-3,6H2,1H3,(H2,10,13). The maximum absolute atomic E-state index is 8.59. The van der Waals surface area contributed by atoms with Crippen LogP contribution >= 0.6 is 11.8 Å². The largest absolute Gasteiger partial charge is 0.409 e. The molecule has 0 saturated carbocycles. The van der Waals surface area contributed by atoms with Crippen molar-refractivity contribution in [3.8, 4) is 0 Å². The number of aromatic nitrogens is 2. The van der Waals surface area contributed by atoms with Crippen LogP contribution in [0.4, 0.5) is 0 Å². The first-order valence-electron chi connectivity index (χ1n) is 4.72. The fraction of sp³-hybridized carbons (Fsp3) is 0.444. The summed E-state index contributed by atoms with van der Waals surface area (Å²) in [7, 11) is 0. The summed E-state index contributed by atoms with van der Waals surface area (Å²) in [6, 6.07) is 1.69. The Morgan fingerprint density at radius 1 is 1.67 bits per heavy atom. The predicted molar refractivity (Wildman–Crippen MR) is 60.2 cm³/mol. The van der Waals surface area contributed by atoms with Gasteiger partial charge < -0.3 is 10.9 Å². The van der Waals surface area contributed by atoms with Gasteiger partial charge in [-0.15, -0.1) is 16.9 Å². The van der Waals surface area contributed by atoms with E-state index >= 15 is 0 Å². The third-order valence-corrected chi connectivity index (χ3v) is 2.87. The maximum Gasteiger partial charge on any atom is 0.172 e. The topological polar surface area (TPSA) is 84.4 Å². The van der Waals surface area contributed by atoms with E-state index in [1.54, 1.807) is 17.8 Å². The molecule has 0 aliphatic heterocycles. The van der Waals surface area contributed by atoms with E-state index in [-0.39, 0.29) is 5.84 Å². The lowest BCUT2D eigenvalue weighted by Gasteiger charge is -2.04. The Bertz CT molecular complexity index is 343. The molecule has 0 aromatic carbocycles. The smallest absolute Gasteiger partial charge is 0.172 e. The van der Waals surface area contributed by atoms with Gasteiger partial charge in [0.2, 0.25) is 0 Å². The van der Waals surface area contributed by atoms with Crippen molar-refractivity contribution in [2.24, 2.45) is 10.9 Å². The van der Waals surface area contributed by atoms with E-state index in [4.69, 9.17) is 10.9 Å². The van der Waals surface area contributed by atoms with Crippen LogP contribution in [0.1, 0.15) is 25.3 Å². The third kappa shape index (κ3) is 3.39. The average molecular weight is 226 g/mol. The van der Waals surface area contributed by atoms with Gasteiger partial charge in [0.1, 0.15) is 5.03 Å². The van der Waals surface area contributed by atoms with Gasteiger partial charge in [0.25, 0.3) is 0 Å². The number of amidine groups is 1. The Balaban J connectivity index is 2.77. The maximum atomic E-state index is 8.59. The Morgan fingerprint density at radius 2 is 2.47 bits per heavy atom.